The zero-order valence-corrected chi connectivity index (χ0v) is 18.9. The fourth-order valence-corrected chi connectivity index (χ4v) is 5.46. The summed E-state index contributed by atoms with van der Waals surface area (Å²) >= 11 is 0. The third kappa shape index (κ3) is 5.09. The monoisotopic (exact) mass is 473 g/mol. The summed E-state index contributed by atoms with van der Waals surface area (Å²) in [6.45, 7) is 4.56. The Labute approximate surface area is 185 Å². The third-order valence-corrected chi connectivity index (χ3v) is 7.26. The van der Waals surface area contributed by atoms with Gasteiger partial charge in [0.25, 0.3) is 5.91 Å². The number of sulfonamides is 1. The average molecular weight is 474 g/mol. The number of hydrogen-bond acceptors (Lipinski definition) is 4. The second kappa shape index (κ2) is 9.14. The molecular weight excluding hydrogens is 447 g/mol. The van der Waals surface area contributed by atoms with E-state index in [1.54, 1.807) is 6.92 Å². The second-order valence-electron chi connectivity index (χ2n) is 7.65. The standard InChI is InChI=1S/C21H26F3N3O4S/c1-4-31-18-8-7-16(12-19(18)32(29,30)26-9-5-6-10-26)25-20(28)17-11-14(2)27(15(17)3)13-21(22,23)24/h7-8,11-12H,4-6,9-10,13H2,1-3H3,(H,25,28). The molecule has 1 aromatic carbocycles. The van der Waals surface area contributed by atoms with E-state index in [2.05, 4.69) is 5.32 Å². The Morgan fingerprint density at radius 2 is 1.81 bits per heavy atom. The molecule has 11 heteroatoms. The molecule has 0 bridgehead atoms. The second-order valence-corrected chi connectivity index (χ2v) is 9.55. The number of hydrogen-bond donors (Lipinski definition) is 1. The highest BCUT2D eigenvalue weighted by Gasteiger charge is 2.32. The van der Waals surface area contributed by atoms with E-state index in [0.717, 1.165) is 17.4 Å². The Hall–Kier alpha value is -2.53. The summed E-state index contributed by atoms with van der Waals surface area (Å²) in [6.07, 6.45) is -2.88. The number of nitrogens with zero attached hydrogens (tertiary/aromatic N) is 2. The van der Waals surface area contributed by atoms with Crippen LogP contribution in [-0.2, 0) is 16.6 Å². The van der Waals surface area contributed by atoms with Crippen molar-refractivity contribution in [1.29, 1.82) is 0 Å². The zero-order valence-electron chi connectivity index (χ0n) is 18.1. The van der Waals surface area contributed by atoms with E-state index in [1.807, 2.05) is 0 Å². The molecule has 1 aromatic heterocycles. The van der Waals surface area contributed by atoms with Crippen LogP contribution < -0.4 is 10.1 Å². The number of nitrogens with one attached hydrogen (secondary N) is 1. The highest BCUT2D eigenvalue weighted by atomic mass is 32.2. The van der Waals surface area contributed by atoms with Gasteiger partial charge in [-0.15, -0.1) is 0 Å². The van der Waals surface area contributed by atoms with Gasteiger partial charge in [-0.3, -0.25) is 4.79 Å². The summed E-state index contributed by atoms with van der Waals surface area (Å²) in [5.74, 6) is -0.444. The number of carbonyl (C=O) groups excluding carboxylic acids is 1. The number of ether oxygens (including phenoxy) is 1. The van der Waals surface area contributed by atoms with Crippen LogP contribution in [0.25, 0.3) is 0 Å². The summed E-state index contributed by atoms with van der Waals surface area (Å²) in [4.78, 5) is 12.7. The molecule has 0 saturated carbocycles. The maximum atomic E-state index is 13.1. The van der Waals surface area contributed by atoms with Gasteiger partial charge in [-0.05, 0) is 57.9 Å². The molecule has 1 aliphatic heterocycles. The van der Waals surface area contributed by atoms with Gasteiger partial charge < -0.3 is 14.6 Å². The number of rotatable bonds is 7. The predicted molar refractivity (Wildman–Crippen MR) is 114 cm³/mol. The Bertz CT molecular complexity index is 1100. The highest BCUT2D eigenvalue weighted by molar-refractivity contribution is 7.89. The molecule has 0 spiro atoms. The van der Waals surface area contributed by atoms with E-state index in [4.69, 9.17) is 4.74 Å². The van der Waals surface area contributed by atoms with Gasteiger partial charge in [0, 0.05) is 30.2 Å². The highest BCUT2D eigenvalue weighted by Crippen LogP contribution is 2.32. The number of carbonyl (C=O) groups is 1. The lowest BCUT2D eigenvalue weighted by atomic mass is 10.2. The molecule has 1 aliphatic rings. The van der Waals surface area contributed by atoms with Gasteiger partial charge in [-0.2, -0.15) is 17.5 Å². The molecule has 3 rings (SSSR count). The van der Waals surface area contributed by atoms with E-state index in [1.165, 1.54) is 42.4 Å². The predicted octanol–water partition coefficient (Wildman–Crippen LogP) is 4.10. The quantitative estimate of drug-likeness (QED) is 0.657. The van der Waals surface area contributed by atoms with Crippen LogP contribution in [0.2, 0.25) is 0 Å². The van der Waals surface area contributed by atoms with Gasteiger partial charge in [-0.1, -0.05) is 0 Å². The van der Waals surface area contributed by atoms with Crippen molar-refractivity contribution in [3.05, 3.63) is 41.2 Å². The molecule has 0 aliphatic carbocycles. The molecule has 0 unspecified atom stereocenters. The first-order valence-corrected chi connectivity index (χ1v) is 11.7. The van der Waals surface area contributed by atoms with Crippen molar-refractivity contribution in [3.63, 3.8) is 0 Å². The summed E-state index contributed by atoms with van der Waals surface area (Å²) in [5, 5.41) is 2.60. The third-order valence-electron chi connectivity index (χ3n) is 5.34. The Morgan fingerprint density at radius 3 is 2.41 bits per heavy atom. The minimum atomic E-state index is -4.42. The van der Waals surface area contributed by atoms with E-state index >= 15 is 0 Å². The molecule has 176 valence electrons. The van der Waals surface area contributed by atoms with E-state index in [9.17, 15) is 26.4 Å². The summed E-state index contributed by atoms with van der Waals surface area (Å²) in [7, 11) is -3.82. The Balaban J connectivity index is 1.91. The maximum Gasteiger partial charge on any atom is 0.406 e. The molecule has 2 aromatic rings. The van der Waals surface area contributed by atoms with Crippen LogP contribution in [0.1, 0.15) is 41.5 Å². The van der Waals surface area contributed by atoms with Crippen molar-refractivity contribution >= 4 is 21.6 Å². The topological polar surface area (TPSA) is 80.6 Å². The van der Waals surface area contributed by atoms with Gasteiger partial charge in [0.2, 0.25) is 10.0 Å². The summed E-state index contributed by atoms with van der Waals surface area (Å²) < 4.78 is 72.6. The number of benzene rings is 1. The first kappa shape index (κ1) is 24.1. The van der Waals surface area contributed by atoms with E-state index in [0.29, 0.717) is 18.8 Å². The minimum Gasteiger partial charge on any atom is -0.492 e. The van der Waals surface area contributed by atoms with Gasteiger partial charge in [-0.25, -0.2) is 8.42 Å². The molecule has 1 amide bonds. The normalized spacial score (nSPS) is 15.2. The van der Waals surface area contributed by atoms with Crippen LogP contribution in [0.15, 0.2) is 29.2 Å². The molecule has 1 fully saturated rings. The maximum absolute atomic E-state index is 13.1. The average Bonchev–Trinajstić information content (AvgIpc) is 3.33. The molecule has 1 saturated heterocycles. The van der Waals surface area contributed by atoms with Gasteiger partial charge in [0.05, 0.1) is 12.2 Å². The molecule has 32 heavy (non-hydrogen) atoms. The van der Waals surface area contributed by atoms with Crippen LogP contribution in [0.3, 0.4) is 0 Å². The van der Waals surface area contributed by atoms with Crippen LogP contribution in [0, 0.1) is 13.8 Å². The zero-order chi connectivity index (χ0) is 23.7. The number of aryl methyl sites for hydroxylation is 1. The lowest BCUT2D eigenvalue weighted by Gasteiger charge is -2.19. The lowest BCUT2D eigenvalue weighted by Crippen LogP contribution is -2.28. The number of alkyl halides is 3. The van der Waals surface area contributed by atoms with Gasteiger partial charge >= 0.3 is 6.18 Å². The van der Waals surface area contributed by atoms with Gasteiger partial charge in [0.1, 0.15) is 17.2 Å². The van der Waals surface area contributed by atoms with Crippen molar-refractivity contribution in [3.8, 4) is 5.75 Å². The number of halogens is 3. The SMILES string of the molecule is CCOc1ccc(NC(=O)c2cc(C)n(CC(F)(F)F)c2C)cc1S(=O)(=O)N1CCCC1. The molecule has 0 radical (unpaired) electrons. The minimum absolute atomic E-state index is 0.0541. The number of aromatic nitrogens is 1. The fraction of sp³-hybridized carbons (Fsp3) is 0.476. The van der Waals surface area contributed by atoms with Crippen molar-refractivity contribution in [2.24, 2.45) is 0 Å². The molecule has 1 N–H and O–H groups in total. The molecule has 0 atom stereocenters. The number of amides is 1. The van der Waals surface area contributed by atoms with Crippen LogP contribution in [-0.4, -0.2) is 49.1 Å². The first-order valence-electron chi connectivity index (χ1n) is 10.3. The Morgan fingerprint density at radius 1 is 1.16 bits per heavy atom. The van der Waals surface area contributed by atoms with Crippen molar-refractivity contribution in [1.82, 2.24) is 8.87 Å². The van der Waals surface area contributed by atoms with E-state index < -0.39 is 28.7 Å². The van der Waals surface area contributed by atoms with Crippen molar-refractivity contribution < 1.29 is 31.1 Å². The van der Waals surface area contributed by atoms with Crippen molar-refractivity contribution in [2.45, 2.75) is 51.2 Å². The first-order chi connectivity index (χ1) is 14.9. The molecule has 2 heterocycles. The smallest absolute Gasteiger partial charge is 0.406 e. The van der Waals surface area contributed by atoms with Crippen molar-refractivity contribution in [2.75, 3.05) is 25.0 Å². The molecular formula is C21H26F3N3O4S. The van der Waals surface area contributed by atoms with Crippen LogP contribution in [0.4, 0.5) is 18.9 Å². The van der Waals surface area contributed by atoms with Gasteiger partial charge in [0.15, 0.2) is 0 Å². The van der Waals surface area contributed by atoms with Crippen LogP contribution >= 0.6 is 0 Å². The lowest BCUT2D eigenvalue weighted by molar-refractivity contribution is -0.141. The number of anilines is 1. The largest absolute Gasteiger partial charge is 0.492 e. The van der Waals surface area contributed by atoms with E-state index in [-0.39, 0.29) is 34.2 Å². The molecule has 7 nitrogen and oxygen atoms in total. The van der Waals surface area contributed by atoms with Crippen LogP contribution in [0.5, 0.6) is 5.75 Å². The Kier molecular flexibility index (Phi) is 6.89. The summed E-state index contributed by atoms with van der Waals surface area (Å²) in [5.41, 5.74) is 0.767. The fourth-order valence-electron chi connectivity index (χ4n) is 3.78. The summed E-state index contributed by atoms with van der Waals surface area (Å²) in [6, 6.07) is 5.67.